The molecular formula is C12H13F2NS. The van der Waals surface area contributed by atoms with E-state index in [4.69, 9.17) is 5.26 Å². The number of hydrogen-bond donors (Lipinski definition) is 0. The Labute approximate surface area is 98.5 Å². The van der Waals surface area contributed by atoms with Gasteiger partial charge in [0.05, 0.1) is 12.5 Å². The molecule has 16 heavy (non-hydrogen) atoms. The zero-order valence-corrected chi connectivity index (χ0v) is 9.86. The Morgan fingerprint density at radius 2 is 2.19 bits per heavy atom. The Morgan fingerprint density at radius 3 is 2.81 bits per heavy atom. The van der Waals surface area contributed by atoms with Crippen molar-refractivity contribution in [2.75, 3.05) is 5.75 Å². The predicted octanol–water partition coefficient (Wildman–Crippen LogP) is 3.89. The molecule has 0 amide bonds. The van der Waals surface area contributed by atoms with Gasteiger partial charge in [0, 0.05) is 17.1 Å². The number of nitrogens with zero attached hydrogens (tertiary/aromatic N) is 1. The fourth-order valence-electron chi connectivity index (χ4n) is 1.18. The van der Waals surface area contributed by atoms with E-state index in [9.17, 15) is 8.78 Å². The molecule has 1 rings (SSSR count). The minimum atomic E-state index is -2.60. The van der Waals surface area contributed by atoms with E-state index in [1.54, 1.807) is 0 Å². The van der Waals surface area contributed by atoms with Gasteiger partial charge in [0.1, 0.15) is 0 Å². The Morgan fingerprint density at radius 1 is 1.44 bits per heavy atom. The molecule has 1 aromatic rings. The number of rotatable bonds is 5. The van der Waals surface area contributed by atoms with Gasteiger partial charge in [0.2, 0.25) is 5.92 Å². The first-order chi connectivity index (χ1) is 7.51. The minimum absolute atomic E-state index is 0.125. The summed E-state index contributed by atoms with van der Waals surface area (Å²) in [5, 5.41) is 8.54. The van der Waals surface area contributed by atoms with Crippen LogP contribution in [0.4, 0.5) is 8.78 Å². The van der Waals surface area contributed by atoms with Gasteiger partial charge in [0.25, 0.3) is 0 Å². The quantitative estimate of drug-likeness (QED) is 0.730. The first-order valence-corrected chi connectivity index (χ1v) is 5.96. The maximum atomic E-state index is 12.6. The van der Waals surface area contributed by atoms with Gasteiger partial charge < -0.3 is 0 Å². The van der Waals surface area contributed by atoms with Gasteiger partial charge in [-0.15, -0.1) is 11.8 Å². The first-order valence-electron chi connectivity index (χ1n) is 4.98. The molecule has 0 aromatic heterocycles. The molecule has 0 radical (unpaired) electrons. The van der Waals surface area contributed by atoms with E-state index in [1.165, 1.54) is 11.8 Å². The molecule has 0 aliphatic rings. The van der Waals surface area contributed by atoms with Crippen molar-refractivity contribution in [2.45, 2.75) is 30.6 Å². The van der Waals surface area contributed by atoms with Gasteiger partial charge >= 0.3 is 0 Å². The van der Waals surface area contributed by atoms with Crippen molar-refractivity contribution < 1.29 is 8.78 Å². The Balaban J connectivity index is 2.48. The molecule has 0 heterocycles. The lowest BCUT2D eigenvalue weighted by molar-refractivity contribution is 0.0194. The van der Waals surface area contributed by atoms with Crippen LogP contribution in [-0.4, -0.2) is 11.7 Å². The van der Waals surface area contributed by atoms with Gasteiger partial charge in [-0.05, 0) is 24.6 Å². The van der Waals surface area contributed by atoms with Crippen molar-refractivity contribution in [1.82, 2.24) is 0 Å². The lowest BCUT2D eigenvalue weighted by Crippen LogP contribution is -2.10. The van der Waals surface area contributed by atoms with Crippen LogP contribution in [0.1, 0.15) is 18.9 Å². The number of hydrogen-bond acceptors (Lipinski definition) is 2. The zero-order chi connectivity index (χ0) is 12.0. The fourth-order valence-corrected chi connectivity index (χ4v) is 2.29. The first kappa shape index (κ1) is 13.0. The molecule has 4 heteroatoms. The van der Waals surface area contributed by atoms with Crippen molar-refractivity contribution >= 4 is 11.8 Å². The second kappa shape index (κ2) is 5.86. The molecule has 1 aromatic carbocycles. The molecule has 0 aliphatic heterocycles. The molecule has 0 bridgehead atoms. The molecule has 0 saturated heterocycles. The molecule has 86 valence electrons. The monoisotopic (exact) mass is 241 g/mol. The average Bonchev–Trinajstić information content (AvgIpc) is 2.17. The summed E-state index contributed by atoms with van der Waals surface area (Å²) in [6.45, 7) is 0.930. The van der Waals surface area contributed by atoms with Gasteiger partial charge in [-0.2, -0.15) is 5.26 Å². The maximum absolute atomic E-state index is 12.6. The van der Waals surface area contributed by atoms with E-state index in [0.717, 1.165) is 17.4 Å². The third kappa shape index (κ3) is 5.13. The SMILES string of the molecule is CC(F)(F)CCSc1cccc(CC#N)c1. The fraction of sp³-hybridized carbons (Fsp3) is 0.417. The molecule has 0 fully saturated rings. The summed E-state index contributed by atoms with van der Waals surface area (Å²) in [6, 6.07) is 9.52. The van der Waals surface area contributed by atoms with Gasteiger partial charge in [-0.3, -0.25) is 0 Å². The van der Waals surface area contributed by atoms with E-state index >= 15 is 0 Å². The smallest absolute Gasteiger partial charge is 0.207 e. The zero-order valence-electron chi connectivity index (χ0n) is 9.04. The molecule has 0 N–H and O–H groups in total. The standard InChI is InChI=1S/C12H13F2NS/c1-12(13,14)6-8-16-11-4-2-3-10(9-11)5-7-15/h2-4,9H,5-6,8H2,1H3. The van der Waals surface area contributed by atoms with Gasteiger partial charge in [-0.25, -0.2) is 8.78 Å². The van der Waals surface area contributed by atoms with Crippen LogP contribution in [0.2, 0.25) is 0 Å². The second-order valence-electron chi connectivity index (χ2n) is 3.65. The number of thioether (sulfide) groups is 1. The van der Waals surface area contributed by atoms with Crippen LogP contribution in [0, 0.1) is 11.3 Å². The summed E-state index contributed by atoms with van der Waals surface area (Å²) in [4.78, 5) is 0.942. The summed E-state index contributed by atoms with van der Waals surface area (Å²) in [5.74, 6) is -2.21. The van der Waals surface area contributed by atoms with Crippen LogP contribution in [0.3, 0.4) is 0 Å². The van der Waals surface area contributed by atoms with Crippen LogP contribution in [-0.2, 0) is 6.42 Å². The summed E-state index contributed by atoms with van der Waals surface area (Å²) in [5.41, 5.74) is 0.927. The van der Waals surface area contributed by atoms with Crippen molar-refractivity contribution in [1.29, 1.82) is 5.26 Å². The average molecular weight is 241 g/mol. The normalized spacial score (nSPS) is 11.1. The topological polar surface area (TPSA) is 23.8 Å². The molecular weight excluding hydrogens is 228 g/mol. The van der Waals surface area contributed by atoms with Crippen LogP contribution in [0.5, 0.6) is 0 Å². The minimum Gasteiger partial charge on any atom is -0.207 e. The number of halogens is 2. The lowest BCUT2D eigenvalue weighted by Gasteiger charge is -2.09. The maximum Gasteiger partial charge on any atom is 0.246 e. The summed E-state index contributed by atoms with van der Waals surface area (Å²) >= 11 is 1.40. The number of nitriles is 1. The highest BCUT2D eigenvalue weighted by Crippen LogP contribution is 2.25. The largest absolute Gasteiger partial charge is 0.246 e. The van der Waals surface area contributed by atoms with Gasteiger partial charge in [-0.1, -0.05) is 12.1 Å². The van der Waals surface area contributed by atoms with Crippen molar-refractivity contribution in [2.24, 2.45) is 0 Å². The van der Waals surface area contributed by atoms with Crippen LogP contribution in [0.25, 0.3) is 0 Å². The van der Waals surface area contributed by atoms with Gasteiger partial charge in [0.15, 0.2) is 0 Å². The Kier molecular flexibility index (Phi) is 4.75. The molecule has 0 saturated carbocycles. The van der Waals surface area contributed by atoms with E-state index in [-0.39, 0.29) is 6.42 Å². The van der Waals surface area contributed by atoms with Crippen molar-refractivity contribution in [3.63, 3.8) is 0 Å². The number of alkyl halides is 2. The molecule has 0 atom stereocenters. The second-order valence-corrected chi connectivity index (χ2v) is 4.82. The third-order valence-corrected chi connectivity index (χ3v) is 2.99. The highest BCUT2D eigenvalue weighted by Gasteiger charge is 2.19. The van der Waals surface area contributed by atoms with Crippen LogP contribution < -0.4 is 0 Å². The van der Waals surface area contributed by atoms with Crippen LogP contribution in [0.15, 0.2) is 29.2 Å². The summed E-state index contributed by atoms with van der Waals surface area (Å²) < 4.78 is 25.1. The van der Waals surface area contributed by atoms with E-state index in [2.05, 4.69) is 6.07 Å². The summed E-state index contributed by atoms with van der Waals surface area (Å²) in [7, 11) is 0. The Hall–Kier alpha value is -1.08. The van der Waals surface area contributed by atoms with E-state index < -0.39 is 5.92 Å². The summed E-state index contributed by atoms with van der Waals surface area (Å²) in [6.07, 6.45) is 0.235. The van der Waals surface area contributed by atoms with Crippen molar-refractivity contribution in [3.8, 4) is 6.07 Å². The molecule has 1 nitrogen and oxygen atoms in total. The van der Waals surface area contributed by atoms with Crippen LogP contribution >= 0.6 is 11.8 Å². The highest BCUT2D eigenvalue weighted by atomic mass is 32.2. The molecule has 0 aliphatic carbocycles. The number of benzene rings is 1. The predicted molar refractivity (Wildman–Crippen MR) is 61.7 cm³/mol. The highest BCUT2D eigenvalue weighted by molar-refractivity contribution is 7.99. The van der Waals surface area contributed by atoms with Crippen molar-refractivity contribution in [3.05, 3.63) is 29.8 Å². The molecule has 0 spiro atoms. The van der Waals surface area contributed by atoms with E-state index in [0.29, 0.717) is 12.2 Å². The third-order valence-electron chi connectivity index (χ3n) is 1.99. The molecule has 0 unspecified atom stereocenters. The van der Waals surface area contributed by atoms with E-state index in [1.807, 2.05) is 24.3 Å². The Bertz CT molecular complexity index is 379. The lowest BCUT2D eigenvalue weighted by atomic mass is 10.2.